The van der Waals surface area contributed by atoms with Crippen LogP contribution < -0.4 is 5.32 Å². The van der Waals surface area contributed by atoms with Crippen molar-refractivity contribution in [2.75, 3.05) is 11.6 Å². The van der Waals surface area contributed by atoms with Crippen LogP contribution in [0, 0.1) is 10.1 Å². The van der Waals surface area contributed by atoms with Gasteiger partial charge in [-0.25, -0.2) is 0 Å². The highest BCUT2D eigenvalue weighted by atomic mass is 32.2. The summed E-state index contributed by atoms with van der Waals surface area (Å²) in [4.78, 5) is 23.3. The smallest absolute Gasteiger partial charge is 0.322 e. The zero-order chi connectivity index (χ0) is 19.9. The molecule has 0 saturated heterocycles. The second-order valence-electron chi connectivity index (χ2n) is 5.70. The third-order valence-corrected chi connectivity index (χ3v) is 4.49. The quantitative estimate of drug-likeness (QED) is 0.279. The van der Waals surface area contributed by atoms with Gasteiger partial charge in [0.25, 0.3) is 11.6 Å². The van der Waals surface area contributed by atoms with E-state index in [0.29, 0.717) is 17.9 Å². The van der Waals surface area contributed by atoms with E-state index in [0.717, 1.165) is 5.56 Å². The minimum Gasteiger partial charge on any atom is -0.407 e. The van der Waals surface area contributed by atoms with Crippen molar-refractivity contribution in [2.45, 2.75) is 11.3 Å². The third kappa shape index (κ3) is 5.27. The van der Waals surface area contributed by atoms with Crippen LogP contribution in [0.4, 0.5) is 11.7 Å². The van der Waals surface area contributed by atoms with Crippen molar-refractivity contribution in [1.29, 1.82) is 0 Å². The first-order valence-corrected chi connectivity index (χ1v) is 9.45. The van der Waals surface area contributed by atoms with Crippen molar-refractivity contribution in [1.82, 2.24) is 10.2 Å². The largest absolute Gasteiger partial charge is 0.407 e. The molecule has 0 radical (unpaired) electrons. The monoisotopic (exact) mass is 396 g/mol. The number of hydrogen-bond donors (Lipinski definition) is 1. The van der Waals surface area contributed by atoms with Gasteiger partial charge < -0.3 is 4.42 Å². The number of carbonyl (C=O) groups excluding carboxylic acids is 1. The van der Waals surface area contributed by atoms with Crippen LogP contribution in [-0.4, -0.2) is 27.3 Å². The standard InChI is InChI=1S/C19H16N4O4S/c1-28-16-9-4-14(5-10-16)12-18-21-22-19(27-18)20-17(24)11-6-13-2-7-15(8-3-13)23(25)26/h2-11H,12H2,1H3,(H,20,22,24). The van der Waals surface area contributed by atoms with Gasteiger partial charge in [0, 0.05) is 23.1 Å². The van der Waals surface area contributed by atoms with Crippen LogP contribution in [-0.2, 0) is 11.2 Å². The maximum Gasteiger partial charge on any atom is 0.322 e. The zero-order valence-electron chi connectivity index (χ0n) is 14.9. The first-order chi connectivity index (χ1) is 13.5. The van der Waals surface area contributed by atoms with E-state index in [1.807, 2.05) is 30.5 Å². The molecule has 0 spiro atoms. The Morgan fingerprint density at radius 2 is 1.89 bits per heavy atom. The lowest BCUT2D eigenvalue weighted by Crippen LogP contribution is -2.07. The van der Waals surface area contributed by atoms with Crippen LogP contribution in [0.1, 0.15) is 17.0 Å². The molecule has 2 aromatic carbocycles. The maximum absolute atomic E-state index is 12.0. The van der Waals surface area contributed by atoms with E-state index in [2.05, 4.69) is 15.5 Å². The second-order valence-corrected chi connectivity index (χ2v) is 6.58. The van der Waals surface area contributed by atoms with Crippen LogP contribution in [0.3, 0.4) is 0 Å². The minimum absolute atomic E-state index is 0.00841. The zero-order valence-corrected chi connectivity index (χ0v) is 15.7. The predicted molar refractivity (Wildman–Crippen MR) is 106 cm³/mol. The number of rotatable bonds is 7. The number of nitro groups is 1. The van der Waals surface area contributed by atoms with E-state index in [1.54, 1.807) is 23.9 Å². The molecule has 3 aromatic rings. The van der Waals surface area contributed by atoms with Crippen LogP contribution >= 0.6 is 11.8 Å². The van der Waals surface area contributed by atoms with Gasteiger partial charge in [-0.2, -0.15) is 0 Å². The number of hydrogen-bond acceptors (Lipinski definition) is 7. The fourth-order valence-corrected chi connectivity index (χ4v) is 2.73. The summed E-state index contributed by atoms with van der Waals surface area (Å²) in [6.07, 6.45) is 5.30. The highest BCUT2D eigenvalue weighted by Gasteiger charge is 2.09. The molecule has 0 unspecified atom stereocenters. The Kier molecular flexibility index (Phi) is 6.18. The van der Waals surface area contributed by atoms with E-state index in [1.165, 1.54) is 29.2 Å². The van der Waals surface area contributed by atoms with Gasteiger partial charge in [-0.15, -0.1) is 16.9 Å². The van der Waals surface area contributed by atoms with Gasteiger partial charge in [-0.05, 0) is 47.7 Å². The molecule has 1 aromatic heterocycles. The predicted octanol–water partition coefficient (Wildman–Crippen LogP) is 3.94. The lowest BCUT2D eigenvalue weighted by Gasteiger charge is -1.99. The van der Waals surface area contributed by atoms with Crippen LogP contribution in [0.15, 0.2) is 63.9 Å². The van der Waals surface area contributed by atoms with E-state index in [9.17, 15) is 14.9 Å². The van der Waals surface area contributed by atoms with Crippen LogP contribution in [0.5, 0.6) is 0 Å². The summed E-state index contributed by atoms with van der Waals surface area (Å²) in [6.45, 7) is 0. The number of benzene rings is 2. The van der Waals surface area contributed by atoms with Crippen molar-refractivity contribution in [2.24, 2.45) is 0 Å². The summed E-state index contributed by atoms with van der Waals surface area (Å²) < 4.78 is 5.44. The molecule has 28 heavy (non-hydrogen) atoms. The summed E-state index contributed by atoms with van der Waals surface area (Å²) in [5.41, 5.74) is 1.67. The lowest BCUT2D eigenvalue weighted by molar-refractivity contribution is -0.384. The van der Waals surface area contributed by atoms with Crippen molar-refractivity contribution in [3.63, 3.8) is 0 Å². The summed E-state index contributed by atoms with van der Waals surface area (Å²) in [5, 5.41) is 20.9. The minimum atomic E-state index is -0.482. The summed E-state index contributed by atoms with van der Waals surface area (Å²) in [6, 6.07) is 13.9. The topological polar surface area (TPSA) is 111 Å². The normalized spacial score (nSPS) is 10.9. The fraction of sp³-hybridized carbons (Fsp3) is 0.105. The maximum atomic E-state index is 12.0. The molecule has 0 aliphatic heterocycles. The van der Waals surface area contributed by atoms with E-state index >= 15 is 0 Å². The second kappa shape index (κ2) is 8.96. The van der Waals surface area contributed by atoms with E-state index < -0.39 is 10.8 Å². The Balaban J connectivity index is 1.56. The number of amides is 1. The molecule has 142 valence electrons. The lowest BCUT2D eigenvalue weighted by atomic mass is 10.1. The Labute approximate surface area is 164 Å². The Morgan fingerprint density at radius 1 is 1.18 bits per heavy atom. The van der Waals surface area contributed by atoms with Crippen LogP contribution in [0.25, 0.3) is 6.08 Å². The first kappa shape index (κ1) is 19.3. The number of aromatic nitrogens is 2. The molecule has 0 aliphatic carbocycles. The Morgan fingerprint density at radius 3 is 2.54 bits per heavy atom. The average molecular weight is 396 g/mol. The number of nitrogens with one attached hydrogen (secondary N) is 1. The molecule has 0 saturated carbocycles. The van der Waals surface area contributed by atoms with E-state index in [-0.39, 0.29) is 11.7 Å². The Bertz CT molecular complexity index is 998. The van der Waals surface area contributed by atoms with Gasteiger partial charge in [-0.1, -0.05) is 17.2 Å². The molecular weight excluding hydrogens is 380 g/mol. The van der Waals surface area contributed by atoms with E-state index in [4.69, 9.17) is 4.42 Å². The number of nitro benzene ring substituents is 1. The van der Waals surface area contributed by atoms with Gasteiger partial charge >= 0.3 is 6.01 Å². The molecule has 8 nitrogen and oxygen atoms in total. The summed E-state index contributed by atoms with van der Waals surface area (Å²) in [7, 11) is 0. The van der Waals surface area contributed by atoms with Crippen molar-refractivity contribution >= 4 is 35.4 Å². The number of nitrogens with zero attached hydrogens (tertiary/aromatic N) is 3. The summed E-state index contributed by atoms with van der Waals surface area (Å²) >= 11 is 1.66. The average Bonchev–Trinajstić information content (AvgIpc) is 3.14. The number of thioether (sulfide) groups is 1. The first-order valence-electron chi connectivity index (χ1n) is 8.22. The fourth-order valence-electron chi connectivity index (χ4n) is 2.32. The highest BCUT2D eigenvalue weighted by Crippen LogP contribution is 2.17. The van der Waals surface area contributed by atoms with Gasteiger partial charge in [0.05, 0.1) is 11.3 Å². The van der Waals surface area contributed by atoms with Gasteiger partial charge in [0.2, 0.25) is 5.89 Å². The van der Waals surface area contributed by atoms with Crippen molar-refractivity contribution in [3.05, 3.63) is 81.7 Å². The molecule has 0 aliphatic rings. The number of carbonyl (C=O) groups is 1. The SMILES string of the molecule is CSc1ccc(Cc2nnc(NC(=O)C=Cc3ccc([N+](=O)[O-])cc3)o2)cc1. The number of non-ortho nitro benzene ring substituents is 1. The molecule has 0 fully saturated rings. The molecule has 1 amide bonds. The molecule has 1 N–H and O–H groups in total. The molecule has 3 rings (SSSR count). The van der Waals surface area contributed by atoms with Crippen molar-refractivity contribution < 1.29 is 14.1 Å². The molecule has 1 heterocycles. The van der Waals surface area contributed by atoms with Gasteiger partial charge in [0.15, 0.2) is 0 Å². The van der Waals surface area contributed by atoms with Crippen LogP contribution in [0.2, 0.25) is 0 Å². The summed E-state index contributed by atoms with van der Waals surface area (Å²) in [5.74, 6) is -0.0515. The van der Waals surface area contributed by atoms with Gasteiger partial charge in [-0.3, -0.25) is 20.2 Å². The van der Waals surface area contributed by atoms with Gasteiger partial charge in [0.1, 0.15) is 0 Å². The van der Waals surface area contributed by atoms with Crippen molar-refractivity contribution in [3.8, 4) is 0 Å². The highest BCUT2D eigenvalue weighted by molar-refractivity contribution is 7.98. The number of anilines is 1. The Hall–Kier alpha value is -3.46. The molecule has 0 atom stereocenters. The molecule has 9 heteroatoms. The molecule has 0 bridgehead atoms. The third-order valence-electron chi connectivity index (χ3n) is 3.74. The molecular formula is C19H16N4O4S.